The summed E-state index contributed by atoms with van der Waals surface area (Å²) in [5.74, 6) is 1.52. The number of nitrogens with one attached hydrogen (secondary N) is 1. The summed E-state index contributed by atoms with van der Waals surface area (Å²) in [5.41, 5.74) is 0.0641. The Morgan fingerprint density at radius 1 is 1.14 bits per heavy atom. The molecule has 118 valence electrons. The van der Waals surface area contributed by atoms with Crippen molar-refractivity contribution in [3.8, 4) is 0 Å². The molecule has 3 rings (SSSR count). The second kappa shape index (κ2) is 5.95. The Labute approximate surface area is 127 Å². The third-order valence-corrected chi connectivity index (χ3v) is 4.72. The lowest BCUT2D eigenvalue weighted by Gasteiger charge is -2.27. The Kier molecular flexibility index (Phi) is 4.20. The first-order valence-electron chi connectivity index (χ1n) is 8.37. The van der Waals surface area contributed by atoms with Crippen molar-refractivity contribution in [3.63, 3.8) is 0 Å². The van der Waals surface area contributed by atoms with Gasteiger partial charge in [-0.2, -0.15) is 0 Å². The molecule has 0 amide bonds. The minimum atomic E-state index is 0.0641. The summed E-state index contributed by atoms with van der Waals surface area (Å²) in [6, 6.07) is 1.35. The van der Waals surface area contributed by atoms with Gasteiger partial charge in [0.2, 0.25) is 5.89 Å². The standard InChI is InChI=1S/C16H28N4O/c1-16(2,3)17-11-14-18-19-15(21-14)20-10-6-9-13(20)12-7-4-5-8-12/h12-13,17H,4-11H2,1-3H3. The van der Waals surface area contributed by atoms with Gasteiger partial charge in [-0.1, -0.05) is 17.9 Å². The molecule has 5 heteroatoms. The summed E-state index contributed by atoms with van der Waals surface area (Å²) in [7, 11) is 0. The molecule has 1 N–H and O–H groups in total. The van der Waals surface area contributed by atoms with Crippen LogP contribution in [0, 0.1) is 5.92 Å². The van der Waals surface area contributed by atoms with Crippen LogP contribution < -0.4 is 10.2 Å². The second-order valence-electron chi connectivity index (χ2n) is 7.53. The van der Waals surface area contributed by atoms with Gasteiger partial charge < -0.3 is 14.6 Å². The van der Waals surface area contributed by atoms with Gasteiger partial charge in [0.1, 0.15) is 0 Å². The number of hydrogen-bond donors (Lipinski definition) is 1. The normalized spacial score (nSPS) is 24.1. The predicted molar refractivity (Wildman–Crippen MR) is 83.2 cm³/mol. The van der Waals surface area contributed by atoms with Crippen LogP contribution in [0.25, 0.3) is 0 Å². The highest BCUT2D eigenvalue weighted by Crippen LogP contribution is 2.37. The van der Waals surface area contributed by atoms with E-state index in [0.29, 0.717) is 18.5 Å². The second-order valence-corrected chi connectivity index (χ2v) is 7.53. The minimum absolute atomic E-state index is 0.0641. The smallest absolute Gasteiger partial charge is 0.318 e. The van der Waals surface area contributed by atoms with Crippen LogP contribution in [0.1, 0.15) is 65.2 Å². The molecular formula is C16H28N4O. The largest absolute Gasteiger partial charge is 0.407 e. The van der Waals surface area contributed by atoms with E-state index in [1.54, 1.807) is 0 Å². The fourth-order valence-corrected chi connectivity index (χ4v) is 3.64. The van der Waals surface area contributed by atoms with Crippen molar-refractivity contribution in [2.45, 2.75) is 77.4 Å². The van der Waals surface area contributed by atoms with Crippen molar-refractivity contribution >= 4 is 6.01 Å². The van der Waals surface area contributed by atoms with Gasteiger partial charge in [-0.25, -0.2) is 0 Å². The molecule has 0 bridgehead atoms. The quantitative estimate of drug-likeness (QED) is 0.924. The zero-order valence-electron chi connectivity index (χ0n) is 13.6. The molecule has 21 heavy (non-hydrogen) atoms. The Bertz CT molecular complexity index is 459. The summed E-state index contributed by atoms with van der Waals surface area (Å²) >= 11 is 0. The maximum absolute atomic E-state index is 5.89. The average Bonchev–Trinajstić information content (AvgIpc) is 3.15. The Morgan fingerprint density at radius 3 is 2.62 bits per heavy atom. The number of nitrogens with zero attached hydrogens (tertiary/aromatic N) is 3. The van der Waals surface area contributed by atoms with E-state index in [9.17, 15) is 0 Å². The van der Waals surface area contributed by atoms with Crippen LogP contribution in [-0.2, 0) is 6.54 Å². The average molecular weight is 292 g/mol. The molecule has 5 nitrogen and oxygen atoms in total. The van der Waals surface area contributed by atoms with Gasteiger partial charge in [0, 0.05) is 18.1 Å². The zero-order valence-corrected chi connectivity index (χ0v) is 13.6. The molecule has 1 aliphatic heterocycles. The maximum Gasteiger partial charge on any atom is 0.318 e. The monoisotopic (exact) mass is 292 g/mol. The van der Waals surface area contributed by atoms with Crippen molar-refractivity contribution in [1.82, 2.24) is 15.5 Å². The first-order valence-corrected chi connectivity index (χ1v) is 8.37. The van der Waals surface area contributed by atoms with E-state index in [1.807, 2.05) is 0 Å². The molecule has 1 saturated heterocycles. The SMILES string of the molecule is CC(C)(C)NCc1nnc(N2CCCC2C2CCCC2)o1. The topological polar surface area (TPSA) is 54.2 Å². The highest BCUT2D eigenvalue weighted by molar-refractivity contribution is 5.29. The van der Waals surface area contributed by atoms with Gasteiger partial charge in [-0.15, -0.1) is 5.10 Å². The molecule has 1 atom stereocenters. The summed E-state index contributed by atoms with van der Waals surface area (Å²) in [4.78, 5) is 2.36. The number of rotatable bonds is 4. The van der Waals surface area contributed by atoms with Crippen LogP contribution in [0.2, 0.25) is 0 Å². The molecule has 1 saturated carbocycles. The molecule has 0 aromatic carbocycles. The predicted octanol–water partition coefficient (Wildman–Crippen LogP) is 3.12. The van der Waals surface area contributed by atoms with Crippen LogP contribution in [0.4, 0.5) is 6.01 Å². The third kappa shape index (κ3) is 3.57. The van der Waals surface area contributed by atoms with E-state index in [2.05, 4.69) is 41.2 Å². The van der Waals surface area contributed by atoms with Crippen LogP contribution >= 0.6 is 0 Å². The van der Waals surface area contributed by atoms with Gasteiger partial charge in [0.15, 0.2) is 0 Å². The van der Waals surface area contributed by atoms with E-state index >= 15 is 0 Å². The zero-order chi connectivity index (χ0) is 14.9. The summed E-state index contributed by atoms with van der Waals surface area (Å²) in [6.45, 7) is 8.12. The highest BCUT2D eigenvalue weighted by atomic mass is 16.4. The van der Waals surface area contributed by atoms with Crippen molar-refractivity contribution in [3.05, 3.63) is 5.89 Å². The van der Waals surface area contributed by atoms with Gasteiger partial charge in [-0.3, -0.25) is 0 Å². The molecule has 2 aliphatic rings. The van der Waals surface area contributed by atoms with Gasteiger partial charge >= 0.3 is 6.01 Å². The van der Waals surface area contributed by atoms with Crippen LogP contribution in [0.15, 0.2) is 4.42 Å². The number of anilines is 1. The lowest BCUT2D eigenvalue weighted by molar-refractivity contribution is 0.371. The Morgan fingerprint density at radius 2 is 1.90 bits per heavy atom. The lowest BCUT2D eigenvalue weighted by atomic mass is 9.96. The first kappa shape index (κ1) is 14.8. The van der Waals surface area contributed by atoms with Crippen molar-refractivity contribution < 1.29 is 4.42 Å². The molecule has 1 aliphatic carbocycles. The van der Waals surface area contributed by atoms with E-state index in [1.165, 1.54) is 38.5 Å². The molecular weight excluding hydrogens is 264 g/mol. The van der Waals surface area contributed by atoms with Crippen molar-refractivity contribution in [1.29, 1.82) is 0 Å². The molecule has 0 spiro atoms. The Balaban J connectivity index is 1.64. The maximum atomic E-state index is 5.89. The molecule has 2 fully saturated rings. The van der Waals surface area contributed by atoms with Crippen LogP contribution in [-0.4, -0.2) is 28.3 Å². The molecule has 1 aromatic rings. The first-order chi connectivity index (χ1) is 10.0. The van der Waals surface area contributed by atoms with Crippen LogP contribution in [0.3, 0.4) is 0 Å². The third-order valence-electron chi connectivity index (χ3n) is 4.72. The van der Waals surface area contributed by atoms with Gasteiger partial charge in [0.25, 0.3) is 0 Å². The summed E-state index contributed by atoms with van der Waals surface area (Å²) in [5, 5.41) is 11.9. The van der Waals surface area contributed by atoms with Crippen molar-refractivity contribution in [2.75, 3.05) is 11.4 Å². The van der Waals surface area contributed by atoms with Gasteiger partial charge in [0.05, 0.1) is 6.54 Å². The van der Waals surface area contributed by atoms with Gasteiger partial charge in [-0.05, 0) is 52.4 Å². The van der Waals surface area contributed by atoms with E-state index in [4.69, 9.17) is 4.42 Å². The molecule has 1 unspecified atom stereocenters. The fraction of sp³-hybridized carbons (Fsp3) is 0.875. The van der Waals surface area contributed by atoms with E-state index in [-0.39, 0.29) is 5.54 Å². The molecule has 2 heterocycles. The van der Waals surface area contributed by atoms with E-state index in [0.717, 1.165) is 18.5 Å². The fourth-order valence-electron chi connectivity index (χ4n) is 3.64. The minimum Gasteiger partial charge on any atom is -0.407 e. The molecule has 1 aromatic heterocycles. The number of aromatic nitrogens is 2. The van der Waals surface area contributed by atoms with Crippen LogP contribution in [0.5, 0.6) is 0 Å². The lowest BCUT2D eigenvalue weighted by Crippen LogP contribution is -2.35. The summed E-state index contributed by atoms with van der Waals surface area (Å²) < 4.78 is 5.89. The molecule has 0 radical (unpaired) electrons. The van der Waals surface area contributed by atoms with Crippen molar-refractivity contribution in [2.24, 2.45) is 5.92 Å². The Hall–Kier alpha value is -1.10. The highest BCUT2D eigenvalue weighted by Gasteiger charge is 2.35. The van der Waals surface area contributed by atoms with E-state index < -0.39 is 0 Å². The number of hydrogen-bond acceptors (Lipinski definition) is 5. The summed E-state index contributed by atoms with van der Waals surface area (Å²) in [6.07, 6.45) is 8.04.